The molecule has 0 radical (unpaired) electrons. The van der Waals surface area contributed by atoms with Gasteiger partial charge in [0.2, 0.25) is 0 Å². The average molecular weight is 266 g/mol. The van der Waals surface area contributed by atoms with Gasteiger partial charge in [-0.3, -0.25) is 4.79 Å². The number of aryl methyl sites for hydroxylation is 1. The summed E-state index contributed by atoms with van der Waals surface area (Å²) in [5, 5.41) is 8.39. The van der Waals surface area contributed by atoms with Gasteiger partial charge in [-0.15, -0.1) is 0 Å². The Morgan fingerprint density at radius 3 is 2.88 bits per heavy atom. The summed E-state index contributed by atoms with van der Waals surface area (Å²) in [6.07, 6.45) is 0. The van der Waals surface area contributed by atoms with Gasteiger partial charge < -0.3 is 5.32 Å². The van der Waals surface area contributed by atoms with Crippen LogP contribution in [0.25, 0.3) is 0 Å². The maximum atomic E-state index is 11.5. The smallest absolute Gasteiger partial charge is 0.164 e. The molecule has 0 amide bonds. The molecule has 1 unspecified atom stereocenters. The normalized spacial score (nSPS) is 12.4. The molecule has 2 rings (SSSR count). The second kappa shape index (κ2) is 4.98. The summed E-state index contributed by atoms with van der Waals surface area (Å²) in [5.74, 6) is 0.0660. The van der Waals surface area contributed by atoms with Crippen molar-refractivity contribution < 1.29 is 4.79 Å². The van der Waals surface area contributed by atoms with Crippen LogP contribution in [0, 0.1) is 6.92 Å². The number of Topliss-reactive ketones (excluding diaryl/α,β-unsaturated/α-hetero) is 1. The molecule has 2 aromatic heterocycles. The first-order valence-corrected chi connectivity index (χ1v) is 7.07. The molecule has 0 aliphatic rings. The van der Waals surface area contributed by atoms with E-state index in [1.165, 1.54) is 17.1 Å². The van der Waals surface area contributed by atoms with Crippen molar-refractivity contribution in [3.8, 4) is 0 Å². The minimum absolute atomic E-state index is 0.0660. The van der Waals surface area contributed by atoms with Gasteiger partial charge in [-0.1, -0.05) is 0 Å². The molecule has 5 heteroatoms. The van der Waals surface area contributed by atoms with Crippen molar-refractivity contribution in [1.82, 2.24) is 4.37 Å². The molecule has 0 fully saturated rings. The molecule has 0 saturated heterocycles. The highest BCUT2D eigenvalue weighted by atomic mass is 32.1. The highest BCUT2D eigenvalue weighted by Crippen LogP contribution is 2.29. The molecule has 17 heavy (non-hydrogen) atoms. The van der Waals surface area contributed by atoms with Crippen LogP contribution in [-0.2, 0) is 0 Å². The third-order valence-corrected chi connectivity index (χ3v) is 4.18. The molecule has 2 heterocycles. The lowest BCUT2D eigenvalue weighted by molar-refractivity contribution is 0.101. The fourth-order valence-electron chi connectivity index (χ4n) is 1.68. The Morgan fingerprint density at radius 2 is 2.29 bits per heavy atom. The number of nitrogens with zero attached hydrogens (tertiary/aromatic N) is 1. The summed E-state index contributed by atoms with van der Waals surface area (Å²) in [4.78, 5) is 11.5. The summed E-state index contributed by atoms with van der Waals surface area (Å²) in [6, 6.07) is 2.28. The number of hydrogen-bond donors (Lipinski definition) is 1. The number of carbonyl (C=O) groups excluding carboxylic acids is 1. The van der Waals surface area contributed by atoms with Crippen molar-refractivity contribution in [2.75, 3.05) is 5.32 Å². The molecular formula is C12H14N2OS2. The van der Waals surface area contributed by atoms with E-state index >= 15 is 0 Å². The molecule has 90 valence electrons. The zero-order valence-electron chi connectivity index (χ0n) is 9.98. The number of ketones is 1. The second-order valence-electron chi connectivity index (χ2n) is 3.95. The minimum Gasteiger partial charge on any atom is -0.369 e. The lowest BCUT2D eigenvalue weighted by Gasteiger charge is -2.12. The Bertz CT molecular complexity index is 517. The van der Waals surface area contributed by atoms with Gasteiger partial charge in [-0.25, -0.2) is 0 Å². The molecule has 2 aromatic rings. The zero-order valence-corrected chi connectivity index (χ0v) is 11.6. The molecule has 0 aromatic carbocycles. The average Bonchev–Trinajstić information content (AvgIpc) is 2.87. The fraction of sp³-hybridized carbons (Fsp3) is 0.333. The Labute approximate surface area is 109 Å². The zero-order chi connectivity index (χ0) is 12.4. The summed E-state index contributed by atoms with van der Waals surface area (Å²) in [6.45, 7) is 5.53. The molecule has 0 bridgehead atoms. The number of nitrogens with one attached hydrogen (secondary N) is 1. The maximum Gasteiger partial charge on any atom is 0.164 e. The topological polar surface area (TPSA) is 42.0 Å². The van der Waals surface area contributed by atoms with E-state index in [-0.39, 0.29) is 11.8 Å². The third-order valence-electron chi connectivity index (χ3n) is 2.61. The summed E-state index contributed by atoms with van der Waals surface area (Å²) in [7, 11) is 0. The van der Waals surface area contributed by atoms with Crippen LogP contribution in [0.5, 0.6) is 0 Å². The Morgan fingerprint density at radius 1 is 1.53 bits per heavy atom. The van der Waals surface area contributed by atoms with Crippen LogP contribution in [0.1, 0.15) is 41.5 Å². The van der Waals surface area contributed by atoms with Gasteiger partial charge in [0.15, 0.2) is 5.78 Å². The van der Waals surface area contributed by atoms with Gasteiger partial charge in [-0.2, -0.15) is 15.7 Å². The predicted octanol–water partition coefficient (Wildman–Crippen LogP) is 3.89. The monoisotopic (exact) mass is 266 g/mol. The second-order valence-corrected chi connectivity index (χ2v) is 5.50. The molecule has 0 saturated carbocycles. The van der Waals surface area contributed by atoms with Crippen molar-refractivity contribution in [2.24, 2.45) is 0 Å². The van der Waals surface area contributed by atoms with Gasteiger partial charge in [-0.05, 0) is 54.7 Å². The first kappa shape index (κ1) is 12.3. The Balaban J connectivity index is 2.22. The van der Waals surface area contributed by atoms with E-state index in [4.69, 9.17) is 0 Å². The molecular weight excluding hydrogens is 252 g/mol. The number of hydrogen-bond acceptors (Lipinski definition) is 5. The highest BCUT2D eigenvalue weighted by Gasteiger charge is 2.16. The fourth-order valence-corrected chi connectivity index (χ4v) is 3.37. The molecule has 3 nitrogen and oxygen atoms in total. The summed E-state index contributed by atoms with van der Waals surface area (Å²) < 4.78 is 4.23. The number of rotatable bonds is 4. The quantitative estimate of drug-likeness (QED) is 0.854. The molecule has 1 atom stereocenters. The van der Waals surface area contributed by atoms with Crippen molar-refractivity contribution in [1.29, 1.82) is 0 Å². The summed E-state index contributed by atoms with van der Waals surface area (Å²) in [5.41, 5.74) is 2.76. The lowest BCUT2D eigenvalue weighted by Crippen LogP contribution is -2.07. The van der Waals surface area contributed by atoms with Crippen LogP contribution >= 0.6 is 22.9 Å². The lowest BCUT2D eigenvalue weighted by atomic mass is 10.1. The number of thiophene rings is 1. The van der Waals surface area contributed by atoms with E-state index in [1.54, 1.807) is 18.3 Å². The van der Waals surface area contributed by atoms with Crippen LogP contribution in [0.15, 0.2) is 16.8 Å². The maximum absolute atomic E-state index is 11.5. The van der Waals surface area contributed by atoms with Crippen LogP contribution in [0.2, 0.25) is 0 Å². The van der Waals surface area contributed by atoms with Crippen molar-refractivity contribution in [3.05, 3.63) is 33.6 Å². The SMILES string of the molecule is CC(=O)c1c(C)nsc1NC(C)c1ccsc1. The van der Waals surface area contributed by atoms with Gasteiger partial charge in [0, 0.05) is 0 Å². The first-order chi connectivity index (χ1) is 8.09. The van der Waals surface area contributed by atoms with Crippen molar-refractivity contribution in [2.45, 2.75) is 26.8 Å². The number of aromatic nitrogens is 1. The third kappa shape index (κ3) is 2.56. The van der Waals surface area contributed by atoms with Gasteiger partial charge in [0.05, 0.1) is 17.3 Å². The number of anilines is 1. The van der Waals surface area contributed by atoms with E-state index in [1.807, 2.05) is 6.92 Å². The molecule has 0 aliphatic heterocycles. The van der Waals surface area contributed by atoms with Crippen LogP contribution in [0.3, 0.4) is 0 Å². The minimum atomic E-state index is 0.0660. The van der Waals surface area contributed by atoms with Crippen LogP contribution < -0.4 is 5.32 Å². The largest absolute Gasteiger partial charge is 0.369 e. The predicted molar refractivity (Wildman–Crippen MR) is 73.2 cm³/mol. The van der Waals surface area contributed by atoms with Crippen molar-refractivity contribution >= 4 is 33.7 Å². The first-order valence-electron chi connectivity index (χ1n) is 5.35. The van der Waals surface area contributed by atoms with Crippen LogP contribution in [-0.4, -0.2) is 10.2 Å². The molecule has 0 aliphatic carbocycles. The van der Waals surface area contributed by atoms with Crippen molar-refractivity contribution in [3.63, 3.8) is 0 Å². The van der Waals surface area contributed by atoms with E-state index in [2.05, 4.69) is 33.4 Å². The van der Waals surface area contributed by atoms with Gasteiger partial charge in [0.25, 0.3) is 0 Å². The Hall–Kier alpha value is -1.20. The summed E-state index contributed by atoms with van der Waals surface area (Å²) >= 11 is 3.03. The highest BCUT2D eigenvalue weighted by molar-refractivity contribution is 7.10. The van der Waals surface area contributed by atoms with Crippen LogP contribution in [0.4, 0.5) is 5.00 Å². The van der Waals surface area contributed by atoms with Gasteiger partial charge >= 0.3 is 0 Å². The van der Waals surface area contributed by atoms with E-state index < -0.39 is 0 Å². The molecule has 0 spiro atoms. The standard InChI is InChI=1S/C12H14N2OS2/c1-7(10-4-5-16-6-10)13-12-11(9(3)15)8(2)14-17-12/h4-7,13H,1-3H3. The van der Waals surface area contributed by atoms with E-state index in [0.29, 0.717) is 0 Å². The Kier molecular flexibility index (Phi) is 3.59. The van der Waals surface area contributed by atoms with E-state index in [0.717, 1.165) is 16.3 Å². The number of carbonyl (C=O) groups is 1. The van der Waals surface area contributed by atoms with E-state index in [9.17, 15) is 4.79 Å². The molecule has 1 N–H and O–H groups in total. The van der Waals surface area contributed by atoms with Gasteiger partial charge in [0.1, 0.15) is 5.00 Å².